The van der Waals surface area contributed by atoms with E-state index >= 15 is 0 Å². The van der Waals surface area contributed by atoms with Crippen molar-refractivity contribution in [2.45, 2.75) is 18.5 Å². The molecule has 0 saturated carbocycles. The van der Waals surface area contributed by atoms with Crippen molar-refractivity contribution in [1.29, 1.82) is 0 Å². The summed E-state index contributed by atoms with van der Waals surface area (Å²) in [6.07, 6.45) is 0.401. The van der Waals surface area contributed by atoms with Crippen molar-refractivity contribution < 1.29 is 14.3 Å². The maximum absolute atomic E-state index is 12.8. The molecule has 4 aromatic rings. The fraction of sp³-hybridized carbons (Fsp3) is 0.154. The number of anilines is 1. The average Bonchev–Trinajstić information content (AvgIpc) is 3.32. The fourth-order valence-electron chi connectivity index (χ4n) is 3.30. The van der Waals surface area contributed by atoms with Gasteiger partial charge in [-0.2, -0.15) is 0 Å². The topological polar surface area (TPSA) is 86.1 Å². The van der Waals surface area contributed by atoms with Gasteiger partial charge in [0.25, 0.3) is 0 Å². The Bertz CT molecular complexity index is 1270. The van der Waals surface area contributed by atoms with E-state index in [1.807, 2.05) is 59.2 Å². The highest BCUT2D eigenvalue weighted by Crippen LogP contribution is 2.29. The largest absolute Gasteiger partial charge is 0.497 e. The minimum atomic E-state index is -0.0671. The molecule has 4 rings (SSSR count). The normalized spacial score (nSPS) is 10.6. The van der Waals surface area contributed by atoms with Crippen LogP contribution in [0.4, 0.5) is 5.69 Å². The van der Waals surface area contributed by atoms with Gasteiger partial charge in [0.15, 0.2) is 16.8 Å². The van der Waals surface area contributed by atoms with Gasteiger partial charge in [-0.3, -0.25) is 14.2 Å². The van der Waals surface area contributed by atoms with Gasteiger partial charge in [0.1, 0.15) is 5.75 Å². The number of carbonyl (C=O) groups is 2. The van der Waals surface area contributed by atoms with Crippen LogP contribution in [0.1, 0.15) is 23.7 Å². The van der Waals surface area contributed by atoms with E-state index in [-0.39, 0.29) is 17.4 Å². The molecule has 1 heterocycles. The van der Waals surface area contributed by atoms with Crippen LogP contribution in [0.3, 0.4) is 0 Å². The maximum atomic E-state index is 12.8. The van der Waals surface area contributed by atoms with Crippen molar-refractivity contribution in [3.05, 3.63) is 84.4 Å². The average molecular weight is 473 g/mol. The molecule has 1 amide bonds. The van der Waals surface area contributed by atoms with Gasteiger partial charge in [-0.05, 0) is 60.7 Å². The third-order valence-corrected chi connectivity index (χ3v) is 6.07. The molecule has 0 aliphatic carbocycles. The highest BCUT2D eigenvalue weighted by atomic mass is 32.2. The molecule has 1 N–H and O–H groups in total. The fourth-order valence-corrected chi connectivity index (χ4v) is 4.15. The van der Waals surface area contributed by atoms with Crippen molar-refractivity contribution in [1.82, 2.24) is 14.8 Å². The number of methoxy groups -OCH3 is 1. The first-order valence-electron chi connectivity index (χ1n) is 10.8. The molecule has 0 aliphatic heterocycles. The number of ether oxygens (including phenoxy) is 1. The van der Waals surface area contributed by atoms with Gasteiger partial charge in [-0.1, -0.05) is 36.9 Å². The zero-order valence-electron chi connectivity index (χ0n) is 18.9. The third-order valence-electron chi connectivity index (χ3n) is 5.14. The Morgan fingerprint density at radius 1 is 0.941 bits per heavy atom. The van der Waals surface area contributed by atoms with Crippen LogP contribution in [-0.4, -0.2) is 39.3 Å². The van der Waals surface area contributed by atoms with Crippen LogP contribution in [0.5, 0.6) is 5.75 Å². The number of rotatable bonds is 9. The summed E-state index contributed by atoms with van der Waals surface area (Å²) < 4.78 is 7.21. The Kier molecular flexibility index (Phi) is 7.39. The number of benzene rings is 3. The molecular weight excluding hydrogens is 448 g/mol. The Morgan fingerprint density at radius 3 is 2.29 bits per heavy atom. The van der Waals surface area contributed by atoms with E-state index in [9.17, 15) is 9.59 Å². The van der Waals surface area contributed by atoms with Crippen LogP contribution in [0.15, 0.2) is 84.0 Å². The second-order valence-electron chi connectivity index (χ2n) is 7.40. The molecule has 0 radical (unpaired) electrons. The van der Waals surface area contributed by atoms with Gasteiger partial charge >= 0.3 is 0 Å². The highest BCUT2D eigenvalue weighted by molar-refractivity contribution is 7.99. The molecule has 0 unspecified atom stereocenters. The van der Waals surface area contributed by atoms with Gasteiger partial charge in [-0.25, -0.2) is 0 Å². The van der Waals surface area contributed by atoms with Crippen LogP contribution >= 0.6 is 11.8 Å². The molecule has 8 heteroatoms. The molecule has 172 valence electrons. The predicted molar refractivity (Wildman–Crippen MR) is 134 cm³/mol. The van der Waals surface area contributed by atoms with E-state index < -0.39 is 0 Å². The molecule has 0 bridgehead atoms. The lowest BCUT2D eigenvalue weighted by Crippen LogP contribution is -2.10. The SMILES string of the molecule is CCC(=O)Nc1ccc(C(=O)CSc2nnc(-c3ccc(OC)cc3)n2-c2ccccc2)cc1. The molecule has 7 nitrogen and oxygen atoms in total. The molecule has 0 aliphatic rings. The van der Waals surface area contributed by atoms with Crippen molar-refractivity contribution in [3.8, 4) is 22.8 Å². The number of nitrogens with one attached hydrogen (secondary N) is 1. The van der Waals surface area contributed by atoms with Crippen molar-refractivity contribution in [2.24, 2.45) is 0 Å². The Morgan fingerprint density at radius 2 is 1.65 bits per heavy atom. The first kappa shape index (κ1) is 23.3. The summed E-state index contributed by atoms with van der Waals surface area (Å²) in [5.74, 6) is 1.54. The van der Waals surface area contributed by atoms with Crippen LogP contribution in [0.25, 0.3) is 17.1 Å². The summed E-state index contributed by atoms with van der Waals surface area (Å²) in [4.78, 5) is 24.4. The van der Waals surface area contributed by atoms with Crippen molar-refractivity contribution in [3.63, 3.8) is 0 Å². The van der Waals surface area contributed by atoms with Crippen LogP contribution in [0.2, 0.25) is 0 Å². The molecule has 34 heavy (non-hydrogen) atoms. The summed E-state index contributed by atoms with van der Waals surface area (Å²) >= 11 is 1.33. The van der Waals surface area contributed by atoms with Crippen LogP contribution in [0, 0.1) is 0 Å². The van der Waals surface area contributed by atoms with E-state index in [0.29, 0.717) is 28.7 Å². The van der Waals surface area contributed by atoms with Crippen molar-refractivity contribution in [2.75, 3.05) is 18.2 Å². The summed E-state index contributed by atoms with van der Waals surface area (Å²) in [7, 11) is 1.63. The zero-order valence-corrected chi connectivity index (χ0v) is 19.7. The number of ketones is 1. The molecule has 1 aromatic heterocycles. The van der Waals surface area contributed by atoms with Gasteiger partial charge in [0, 0.05) is 28.9 Å². The number of aromatic nitrogens is 3. The minimum absolute atomic E-state index is 0.0352. The number of para-hydroxylation sites is 1. The minimum Gasteiger partial charge on any atom is -0.497 e. The number of hydrogen-bond donors (Lipinski definition) is 1. The smallest absolute Gasteiger partial charge is 0.224 e. The van der Waals surface area contributed by atoms with E-state index in [1.54, 1.807) is 38.3 Å². The molecular formula is C26H24N4O3S. The highest BCUT2D eigenvalue weighted by Gasteiger charge is 2.18. The van der Waals surface area contributed by atoms with Gasteiger partial charge in [0.2, 0.25) is 5.91 Å². The summed E-state index contributed by atoms with van der Waals surface area (Å²) in [6.45, 7) is 1.79. The Hall–Kier alpha value is -3.91. The summed E-state index contributed by atoms with van der Waals surface area (Å²) in [5.41, 5.74) is 3.04. The molecule has 0 spiro atoms. The van der Waals surface area contributed by atoms with E-state index in [4.69, 9.17) is 4.74 Å². The number of carbonyl (C=O) groups excluding carboxylic acids is 2. The number of hydrogen-bond acceptors (Lipinski definition) is 6. The quantitative estimate of drug-likeness (QED) is 0.264. The third kappa shape index (κ3) is 5.35. The Labute approximate surface area is 202 Å². The van der Waals surface area contributed by atoms with Gasteiger partial charge in [-0.15, -0.1) is 10.2 Å². The Balaban J connectivity index is 1.55. The summed E-state index contributed by atoms with van der Waals surface area (Å²) in [5, 5.41) is 12.2. The number of thioether (sulfide) groups is 1. The first-order chi connectivity index (χ1) is 16.6. The zero-order chi connectivity index (χ0) is 23.9. The van der Waals surface area contributed by atoms with E-state index in [0.717, 1.165) is 17.0 Å². The second kappa shape index (κ2) is 10.8. The van der Waals surface area contributed by atoms with Gasteiger partial charge < -0.3 is 10.1 Å². The van der Waals surface area contributed by atoms with E-state index in [2.05, 4.69) is 15.5 Å². The van der Waals surface area contributed by atoms with Gasteiger partial charge in [0.05, 0.1) is 12.9 Å². The second-order valence-corrected chi connectivity index (χ2v) is 8.34. The van der Waals surface area contributed by atoms with E-state index in [1.165, 1.54) is 11.8 Å². The monoisotopic (exact) mass is 472 g/mol. The first-order valence-corrected chi connectivity index (χ1v) is 11.8. The molecule has 3 aromatic carbocycles. The standard InChI is InChI=1S/C26H24N4O3S/c1-3-24(32)27-20-13-9-18(10-14-20)23(31)17-34-26-29-28-25(19-11-15-22(33-2)16-12-19)30(26)21-7-5-4-6-8-21/h4-16H,3,17H2,1-2H3,(H,27,32). The number of Topliss-reactive ketones (excluding diaryl/α,β-unsaturated/α-hetero) is 1. The number of nitrogens with zero attached hydrogens (tertiary/aromatic N) is 3. The number of amides is 1. The summed E-state index contributed by atoms with van der Waals surface area (Å²) in [6, 6.07) is 24.3. The molecule has 0 fully saturated rings. The molecule has 0 atom stereocenters. The van der Waals surface area contributed by atoms with Crippen LogP contribution in [-0.2, 0) is 4.79 Å². The predicted octanol–water partition coefficient (Wildman–Crippen LogP) is 5.27. The molecule has 0 saturated heterocycles. The van der Waals surface area contributed by atoms with Crippen LogP contribution < -0.4 is 10.1 Å². The lowest BCUT2D eigenvalue weighted by Gasteiger charge is -2.10. The lowest BCUT2D eigenvalue weighted by atomic mass is 10.1. The maximum Gasteiger partial charge on any atom is 0.224 e. The lowest BCUT2D eigenvalue weighted by molar-refractivity contribution is -0.115. The van der Waals surface area contributed by atoms with Crippen molar-refractivity contribution >= 4 is 29.1 Å².